The van der Waals surface area contributed by atoms with E-state index in [9.17, 15) is 9.18 Å². The summed E-state index contributed by atoms with van der Waals surface area (Å²) in [5.74, 6) is -1.17. The fraction of sp³-hybridized carbons (Fsp3) is 0.261. The van der Waals surface area contributed by atoms with Crippen molar-refractivity contribution in [3.63, 3.8) is 0 Å². The second kappa shape index (κ2) is 9.33. The van der Waals surface area contributed by atoms with Crippen LogP contribution in [0.3, 0.4) is 0 Å². The lowest BCUT2D eigenvalue weighted by Crippen LogP contribution is -2.34. The lowest BCUT2D eigenvalue weighted by atomic mass is 9.95. The van der Waals surface area contributed by atoms with Crippen LogP contribution in [-0.4, -0.2) is 42.2 Å². The molecule has 0 fully saturated rings. The summed E-state index contributed by atoms with van der Waals surface area (Å²) < 4.78 is 20.2. The van der Waals surface area contributed by atoms with Crippen LogP contribution < -0.4 is 0 Å². The first kappa shape index (κ1) is 19.8. The molecule has 0 amide bonds. The maximum absolute atomic E-state index is 14.4. The van der Waals surface area contributed by atoms with Crippen LogP contribution in [0.25, 0.3) is 5.57 Å². The topological polar surface area (TPSA) is 49.8 Å². The number of benzene rings is 2. The predicted octanol–water partition coefficient (Wildman–Crippen LogP) is 4.26. The molecule has 5 heteroatoms. The van der Waals surface area contributed by atoms with E-state index >= 15 is 0 Å². The Labute approximate surface area is 164 Å². The van der Waals surface area contributed by atoms with Gasteiger partial charge >= 0.3 is 5.97 Å². The predicted molar refractivity (Wildman–Crippen MR) is 107 cm³/mol. The minimum Gasteiger partial charge on any atom is -0.499 e. The van der Waals surface area contributed by atoms with E-state index in [1.807, 2.05) is 36.1 Å². The molecule has 0 aliphatic carbocycles. The van der Waals surface area contributed by atoms with E-state index in [-0.39, 0.29) is 5.82 Å². The number of halogens is 1. The van der Waals surface area contributed by atoms with Crippen molar-refractivity contribution >= 4 is 11.5 Å². The van der Waals surface area contributed by atoms with Crippen molar-refractivity contribution in [1.82, 2.24) is 4.90 Å². The van der Waals surface area contributed by atoms with Gasteiger partial charge in [-0.2, -0.15) is 0 Å². The van der Waals surface area contributed by atoms with Crippen LogP contribution in [0, 0.1) is 12.7 Å². The smallest absolute Gasteiger partial charge is 0.332 e. The SMILES string of the molecule is Cc1ccccc1C(=COCCN1CCC=C(C(=O)O)C1)c1ccccc1F. The largest absolute Gasteiger partial charge is 0.499 e. The van der Waals surface area contributed by atoms with E-state index in [0.29, 0.717) is 36.4 Å². The van der Waals surface area contributed by atoms with Crippen LogP contribution in [0.1, 0.15) is 23.1 Å². The molecule has 1 N–H and O–H groups in total. The van der Waals surface area contributed by atoms with Crippen molar-refractivity contribution in [3.8, 4) is 0 Å². The van der Waals surface area contributed by atoms with Gasteiger partial charge in [0.15, 0.2) is 0 Å². The molecule has 0 aromatic heterocycles. The first-order valence-electron chi connectivity index (χ1n) is 9.33. The Bertz CT molecular complexity index is 857. The zero-order chi connectivity index (χ0) is 19.9. The molecule has 0 saturated heterocycles. The van der Waals surface area contributed by atoms with E-state index in [4.69, 9.17) is 9.84 Å². The third kappa shape index (κ3) is 4.87. The van der Waals surface area contributed by atoms with E-state index < -0.39 is 5.97 Å². The first-order chi connectivity index (χ1) is 13.6. The molecule has 2 aromatic carbocycles. The molecule has 1 heterocycles. The Morgan fingerprint density at radius 2 is 1.89 bits per heavy atom. The summed E-state index contributed by atoms with van der Waals surface area (Å²) in [5.41, 5.74) is 3.56. The number of ether oxygens (including phenoxy) is 1. The monoisotopic (exact) mass is 381 g/mol. The van der Waals surface area contributed by atoms with E-state index in [1.54, 1.807) is 30.5 Å². The second-order valence-corrected chi connectivity index (χ2v) is 6.80. The van der Waals surface area contributed by atoms with Crippen molar-refractivity contribution in [3.05, 3.63) is 88.9 Å². The summed E-state index contributed by atoms with van der Waals surface area (Å²) in [6, 6.07) is 14.5. The van der Waals surface area contributed by atoms with Crippen LogP contribution in [0.5, 0.6) is 0 Å². The van der Waals surface area contributed by atoms with Gasteiger partial charge in [-0.15, -0.1) is 0 Å². The number of carboxylic acids is 1. The number of carboxylic acid groups (broad SMARTS) is 1. The highest BCUT2D eigenvalue weighted by atomic mass is 19.1. The second-order valence-electron chi connectivity index (χ2n) is 6.80. The van der Waals surface area contributed by atoms with E-state index in [1.165, 1.54) is 6.07 Å². The molecule has 2 aromatic rings. The number of hydrogen-bond donors (Lipinski definition) is 1. The van der Waals surface area contributed by atoms with Crippen LogP contribution in [0.2, 0.25) is 0 Å². The van der Waals surface area contributed by atoms with Gasteiger partial charge in [0.2, 0.25) is 0 Å². The molecule has 1 aliphatic rings. The molecule has 0 spiro atoms. The number of aliphatic carboxylic acids is 1. The van der Waals surface area contributed by atoms with Gasteiger partial charge in [-0.1, -0.05) is 48.5 Å². The number of aryl methyl sites for hydroxylation is 1. The van der Waals surface area contributed by atoms with Crippen molar-refractivity contribution in [1.29, 1.82) is 0 Å². The average molecular weight is 381 g/mol. The van der Waals surface area contributed by atoms with Gasteiger partial charge in [-0.25, -0.2) is 9.18 Å². The summed E-state index contributed by atoms with van der Waals surface area (Å²) in [5, 5.41) is 9.13. The Hall–Kier alpha value is -2.92. The molecule has 1 aliphatic heterocycles. The fourth-order valence-corrected chi connectivity index (χ4v) is 3.30. The lowest BCUT2D eigenvalue weighted by Gasteiger charge is -2.25. The molecule has 0 atom stereocenters. The zero-order valence-electron chi connectivity index (χ0n) is 15.9. The van der Waals surface area contributed by atoms with Crippen molar-refractivity contribution in [2.45, 2.75) is 13.3 Å². The quantitative estimate of drug-likeness (QED) is 0.575. The summed E-state index contributed by atoms with van der Waals surface area (Å²) in [6.45, 7) is 4.22. The van der Waals surface area contributed by atoms with Crippen LogP contribution in [0.15, 0.2) is 66.4 Å². The van der Waals surface area contributed by atoms with Gasteiger partial charge in [0.25, 0.3) is 0 Å². The van der Waals surface area contributed by atoms with Crippen LogP contribution in [-0.2, 0) is 9.53 Å². The summed E-state index contributed by atoms with van der Waals surface area (Å²) in [6.07, 6.45) is 4.11. The summed E-state index contributed by atoms with van der Waals surface area (Å²) in [7, 11) is 0. The van der Waals surface area contributed by atoms with Crippen LogP contribution in [0.4, 0.5) is 4.39 Å². The minimum absolute atomic E-state index is 0.298. The summed E-state index contributed by atoms with van der Waals surface area (Å²) >= 11 is 0. The maximum atomic E-state index is 14.4. The number of hydrogen-bond acceptors (Lipinski definition) is 3. The molecular weight excluding hydrogens is 357 g/mol. The highest BCUT2D eigenvalue weighted by molar-refractivity contribution is 5.87. The number of carbonyl (C=O) groups is 1. The molecule has 0 saturated carbocycles. The Morgan fingerprint density at radius 3 is 2.61 bits per heavy atom. The van der Waals surface area contributed by atoms with E-state index in [0.717, 1.165) is 24.1 Å². The molecule has 0 bridgehead atoms. The average Bonchev–Trinajstić information content (AvgIpc) is 2.70. The van der Waals surface area contributed by atoms with Gasteiger partial charge in [0, 0.05) is 36.3 Å². The standard InChI is InChI=1S/C23H24FNO3/c1-17-7-2-3-9-19(17)21(20-10-4-5-11-22(20)24)16-28-14-13-25-12-6-8-18(15-25)23(26)27/h2-5,7-11,16H,6,12-15H2,1H3,(H,26,27). The zero-order valence-corrected chi connectivity index (χ0v) is 15.9. The molecule has 0 radical (unpaired) electrons. The van der Waals surface area contributed by atoms with Crippen LogP contribution >= 0.6 is 0 Å². The van der Waals surface area contributed by atoms with Crippen molar-refractivity contribution < 1.29 is 19.0 Å². The minimum atomic E-state index is -0.869. The number of nitrogens with zero attached hydrogens (tertiary/aromatic N) is 1. The van der Waals surface area contributed by atoms with E-state index in [2.05, 4.69) is 0 Å². The Morgan fingerprint density at radius 1 is 1.18 bits per heavy atom. The summed E-state index contributed by atoms with van der Waals surface area (Å²) in [4.78, 5) is 13.2. The third-order valence-electron chi connectivity index (χ3n) is 4.83. The Kier molecular flexibility index (Phi) is 6.61. The fourth-order valence-electron chi connectivity index (χ4n) is 3.30. The molecule has 4 nitrogen and oxygen atoms in total. The highest BCUT2D eigenvalue weighted by Crippen LogP contribution is 2.28. The lowest BCUT2D eigenvalue weighted by molar-refractivity contribution is -0.133. The third-order valence-corrected chi connectivity index (χ3v) is 4.83. The highest BCUT2D eigenvalue weighted by Gasteiger charge is 2.17. The molecule has 146 valence electrons. The molecule has 3 rings (SSSR count). The van der Waals surface area contributed by atoms with Gasteiger partial charge in [0.05, 0.1) is 6.26 Å². The first-order valence-corrected chi connectivity index (χ1v) is 9.33. The maximum Gasteiger partial charge on any atom is 0.332 e. The van der Waals surface area contributed by atoms with Crippen molar-refractivity contribution in [2.24, 2.45) is 0 Å². The van der Waals surface area contributed by atoms with Gasteiger partial charge in [-0.3, -0.25) is 4.90 Å². The Balaban J connectivity index is 1.72. The normalized spacial score (nSPS) is 15.2. The number of rotatable bonds is 7. The molecule has 0 unspecified atom stereocenters. The molecule has 28 heavy (non-hydrogen) atoms. The van der Waals surface area contributed by atoms with Gasteiger partial charge in [0.1, 0.15) is 12.4 Å². The van der Waals surface area contributed by atoms with Gasteiger partial charge < -0.3 is 9.84 Å². The van der Waals surface area contributed by atoms with Crippen molar-refractivity contribution in [2.75, 3.05) is 26.2 Å². The van der Waals surface area contributed by atoms with Gasteiger partial charge in [-0.05, 0) is 30.5 Å². The molecular formula is C23H24FNO3.